The largest absolute Gasteiger partial charge is 0.313 e. The number of halogens is 2. The highest BCUT2D eigenvalue weighted by molar-refractivity contribution is 6.28. The Morgan fingerprint density at radius 2 is 1.74 bits per heavy atom. The number of allylic oxidation sites excluding steroid dienone is 6. The van der Waals surface area contributed by atoms with Crippen LogP contribution in [0, 0.1) is 40.2 Å². The molecule has 1 aromatic carbocycles. The quantitative estimate of drug-likeness (QED) is 0.141. The standard InChI is InChI=1S/C36H50F2N4/c1-5-8-14-29(12-7-3)41-24-28(23-40)35-20-25(4)30-15-9-16-31(36(30)42-35)27-21-33(37)32(34(38)22-27)18-17-26(11-6-2)13-10-19-39/h9,15-16,19-23,26,28-30,39-41H,4-8,10-14,17-18,24H2,1-3H3. The van der Waals surface area contributed by atoms with Crippen LogP contribution >= 0.6 is 0 Å². The number of rotatable bonds is 19. The zero-order valence-corrected chi connectivity index (χ0v) is 25.8. The van der Waals surface area contributed by atoms with E-state index >= 15 is 8.78 Å². The van der Waals surface area contributed by atoms with E-state index in [1.54, 1.807) is 0 Å². The van der Waals surface area contributed by atoms with Crippen molar-refractivity contribution >= 4 is 23.7 Å². The fourth-order valence-electron chi connectivity index (χ4n) is 6.12. The molecule has 1 aliphatic carbocycles. The predicted octanol–water partition coefficient (Wildman–Crippen LogP) is 9.42. The molecule has 3 N–H and O–H groups in total. The molecule has 1 aliphatic heterocycles. The molecule has 0 spiro atoms. The zero-order valence-electron chi connectivity index (χ0n) is 25.8. The van der Waals surface area contributed by atoms with Gasteiger partial charge in [-0.2, -0.15) is 0 Å². The summed E-state index contributed by atoms with van der Waals surface area (Å²) in [6.07, 6.45) is 20.9. The van der Waals surface area contributed by atoms with Gasteiger partial charge in [0.15, 0.2) is 0 Å². The van der Waals surface area contributed by atoms with Gasteiger partial charge in [0.2, 0.25) is 0 Å². The van der Waals surface area contributed by atoms with Gasteiger partial charge < -0.3 is 16.1 Å². The molecule has 0 bridgehead atoms. The second-order valence-electron chi connectivity index (χ2n) is 11.8. The molecule has 1 aromatic rings. The lowest BCUT2D eigenvalue weighted by molar-refractivity contribution is 0.415. The highest BCUT2D eigenvalue weighted by Gasteiger charge is 2.29. The molecule has 1 heterocycles. The van der Waals surface area contributed by atoms with Gasteiger partial charge in [-0.1, -0.05) is 77.7 Å². The second-order valence-corrected chi connectivity index (χ2v) is 11.8. The van der Waals surface area contributed by atoms with Crippen LogP contribution in [0.5, 0.6) is 0 Å². The number of aliphatic imine (C=N–C) groups is 1. The molecule has 0 saturated heterocycles. The van der Waals surface area contributed by atoms with E-state index in [0.717, 1.165) is 61.9 Å². The first kappa shape index (κ1) is 33.5. The van der Waals surface area contributed by atoms with E-state index in [1.807, 2.05) is 24.3 Å². The molecule has 3 rings (SSSR count). The summed E-state index contributed by atoms with van der Waals surface area (Å²) in [5, 5.41) is 19.2. The maximum atomic E-state index is 15.4. The molecular weight excluding hydrogens is 526 g/mol. The first-order valence-corrected chi connectivity index (χ1v) is 16.0. The summed E-state index contributed by atoms with van der Waals surface area (Å²) < 4.78 is 30.8. The third-order valence-corrected chi connectivity index (χ3v) is 8.54. The molecule has 4 atom stereocenters. The summed E-state index contributed by atoms with van der Waals surface area (Å²) in [7, 11) is 0. The molecule has 228 valence electrons. The van der Waals surface area contributed by atoms with E-state index in [0.29, 0.717) is 48.9 Å². The van der Waals surface area contributed by atoms with Crippen molar-refractivity contribution in [1.82, 2.24) is 5.32 Å². The van der Waals surface area contributed by atoms with Crippen LogP contribution in [0.3, 0.4) is 0 Å². The van der Waals surface area contributed by atoms with Gasteiger partial charge in [-0.05, 0) is 80.0 Å². The Hall–Kier alpha value is -2.99. The molecule has 2 aliphatic rings. The fourth-order valence-corrected chi connectivity index (χ4v) is 6.12. The van der Waals surface area contributed by atoms with E-state index in [1.165, 1.54) is 31.0 Å². The normalized spacial score (nSPS) is 18.5. The van der Waals surface area contributed by atoms with Crippen LogP contribution in [0.2, 0.25) is 0 Å². The number of nitrogens with zero attached hydrogens (tertiary/aromatic N) is 1. The molecule has 4 nitrogen and oxygen atoms in total. The molecule has 0 radical (unpaired) electrons. The minimum atomic E-state index is -0.527. The summed E-state index contributed by atoms with van der Waals surface area (Å²) in [4.78, 5) is 5.00. The number of benzene rings is 1. The average Bonchev–Trinajstić information content (AvgIpc) is 2.98. The average molecular weight is 577 g/mol. The van der Waals surface area contributed by atoms with E-state index in [-0.39, 0.29) is 17.4 Å². The van der Waals surface area contributed by atoms with E-state index in [9.17, 15) is 0 Å². The number of fused-ring (bicyclic) bond motifs is 1. The minimum absolute atomic E-state index is 0.133. The topological polar surface area (TPSA) is 72.1 Å². The van der Waals surface area contributed by atoms with Gasteiger partial charge in [0.25, 0.3) is 0 Å². The lowest BCUT2D eigenvalue weighted by Gasteiger charge is -2.29. The lowest BCUT2D eigenvalue weighted by Crippen LogP contribution is -2.35. The van der Waals surface area contributed by atoms with Gasteiger partial charge in [0.1, 0.15) is 11.6 Å². The van der Waals surface area contributed by atoms with E-state index < -0.39 is 11.6 Å². The van der Waals surface area contributed by atoms with E-state index in [2.05, 4.69) is 32.7 Å². The highest BCUT2D eigenvalue weighted by atomic mass is 19.1. The molecule has 0 aromatic heterocycles. The maximum Gasteiger partial charge on any atom is 0.129 e. The van der Waals surface area contributed by atoms with E-state index in [4.69, 9.17) is 15.8 Å². The van der Waals surface area contributed by atoms with Gasteiger partial charge in [-0.3, -0.25) is 4.99 Å². The molecular formula is C36H50F2N4. The van der Waals surface area contributed by atoms with Gasteiger partial charge >= 0.3 is 0 Å². The summed E-state index contributed by atoms with van der Waals surface area (Å²) >= 11 is 0. The van der Waals surface area contributed by atoms with Crippen molar-refractivity contribution in [1.29, 1.82) is 10.8 Å². The van der Waals surface area contributed by atoms with Crippen LogP contribution in [0.1, 0.15) is 96.1 Å². The highest BCUT2D eigenvalue weighted by Crippen LogP contribution is 2.36. The van der Waals surface area contributed by atoms with Crippen LogP contribution in [-0.2, 0) is 6.42 Å². The molecule has 0 saturated carbocycles. The first-order chi connectivity index (χ1) is 20.4. The zero-order chi connectivity index (χ0) is 30.5. The molecule has 42 heavy (non-hydrogen) atoms. The molecule has 0 amide bonds. The Morgan fingerprint density at radius 3 is 2.38 bits per heavy atom. The van der Waals surface area contributed by atoms with Crippen LogP contribution in [0.15, 0.2) is 59.3 Å². The summed E-state index contributed by atoms with van der Waals surface area (Å²) in [5.41, 5.74) is 3.64. The maximum absolute atomic E-state index is 15.4. The van der Waals surface area contributed by atoms with Gasteiger partial charge in [0.05, 0.1) is 11.4 Å². The monoisotopic (exact) mass is 576 g/mol. The third-order valence-electron chi connectivity index (χ3n) is 8.54. The van der Waals surface area contributed by atoms with Crippen molar-refractivity contribution < 1.29 is 8.78 Å². The fraction of sp³-hybridized carbons (Fsp3) is 0.528. The van der Waals surface area contributed by atoms with Crippen molar-refractivity contribution in [2.75, 3.05) is 6.54 Å². The Balaban J connectivity index is 1.82. The number of hydrogen-bond donors (Lipinski definition) is 3. The van der Waals surface area contributed by atoms with Crippen molar-refractivity contribution in [3.05, 3.63) is 77.0 Å². The summed E-state index contributed by atoms with van der Waals surface area (Å²) in [6, 6.07) is 3.29. The van der Waals surface area contributed by atoms with Crippen LogP contribution in [0.25, 0.3) is 5.57 Å². The Morgan fingerprint density at radius 1 is 1.00 bits per heavy atom. The Bertz CT molecular complexity index is 1190. The van der Waals surface area contributed by atoms with Crippen molar-refractivity contribution in [2.24, 2.45) is 22.7 Å². The number of hydrogen-bond acceptors (Lipinski definition) is 4. The summed E-state index contributed by atoms with van der Waals surface area (Å²) in [6.45, 7) is 11.4. The van der Waals surface area contributed by atoms with Crippen LogP contribution < -0.4 is 5.32 Å². The third kappa shape index (κ3) is 9.00. The van der Waals surface area contributed by atoms with Gasteiger partial charge in [0, 0.05) is 41.8 Å². The van der Waals surface area contributed by atoms with Gasteiger partial charge in [-0.25, -0.2) is 8.78 Å². The Labute approximate surface area is 252 Å². The van der Waals surface area contributed by atoms with Crippen LogP contribution in [-0.4, -0.2) is 30.7 Å². The molecule has 6 heteroatoms. The smallest absolute Gasteiger partial charge is 0.129 e. The second kappa shape index (κ2) is 17.2. The lowest BCUT2D eigenvalue weighted by atomic mass is 9.80. The number of nitrogens with one attached hydrogen (secondary N) is 3. The van der Waals surface area contributed by atoms with Crippen LogP contribution in [0.4, 0.5) is 8.78 Å². The van der Waals surface area contributed by atoms with Gasteiger partial charge in [-0.15, -0.1) is 0 Å². The molecule has 0 fully saturated rings. The Kier molecular flexibility index (Phi) is 13.7. The minimum Gasteiger partial charge on any atom is -0.313 e. The summed E-state index contributed by atoms with van der Waals surface area (Å²) in [5.74, 6) is -1.08. The molecule has 4 unspecified atom stereocenters. The number of unbranched alkanes of at least 4 members (excludes halogenated alkanes) is 1. The van der Waals surface area contributed by atoms with Crippen molar-refractivity contribution in [3.8, 4) is 0 Å². The predicted molar refractivity (Wildman–Crippen MR) is 175 cm³/mol. The van der Waals surface area contributed by atoms with Crippen molar-refractivity contribution in [3.63, 3.8) is 0 Å². The SMILES string of the molecule is C=C1C=C(C(C=N)CNC(CCC)CCCC)N=C2C(c3cc(F)c(CCC(CCC)CCC=N)c(F)c3)=CC=CC12. The first-order valence-electron chi connectivity index (χ1n) is 16.0. The van der Waals surface area contributed by atoms with Crippen molar-refractivity contribution in [2.45, 2.75) is 97.4 Å².